The number of amides is 2. The van der Waals surface area contributed by atoms with Crippen LogP contribution in [0.15, 0.2) is 56.7 Å². The van der Waals surface area contributed by atoms with Gasteiger partial charge in [-0.1, -0.05) is 6.07 Å². The SMILES string of the molecule is CN1CCN(C(=O)c2cc(Br)c3c(c2)NC(=O)/C3=N\NOCCc2ccc3occc3c2)CC1. The maximum absolute atomic E-state index is 12.9. The lowest BCUT2D eigenvalue weighted by molar-refractivity contribution is -0.110. The minimum Gasteiger partial charge on any atom is -0.464 e. The highest BCUT2D eigenvalue weighted by molar-refractivity contribution is 9.10. The van der Waals surface area contributed by atoms with Gasteiger partial charge in [0.1, 0.15) is 5.58 Å². The van der Waals surface area contributed by atoms with Crippen LogP contribution in [0.2, 0.25) is 0 Å². The molecule has 3 heterocycles. The summed E-state index contributed by atoms with van der Waals surface area (Å²) in [5, 5.41) is 7.97. The van der Waals surface area contributed by atoms with Crippen molar-refractivity contribution < 1.29 is 18.8 Å². The van der Waals surface area contributed by atoms with Gasteiger partial charge in [0.25, 0.3) is 11.8 Å². The predicted octanol–water partition coefficient (Wildman–Crippen LogP) is 3.00. The number of anilines is 1. The molecule has 2 N–H and O–H groups in total. The van der Waals surface area contributed by atoms with Gasteiger partial charge in [-0.05, 0) is 65.3 Å². The zero-order valence-corrected chi connectivity index (χ0v) is 20.2. The average molecular weight is 526 g/mol. The molecule has 10 heteroatoms. The Kier molecular flexibility index (Phi) is 6.36. The molecule has 2 aliphatic heterocycles. The number of fused-ring (bicyclic) bond motifs is 2. The number of halogens is 1. The quantitative estimate of drug-likeness (QED) is 0.379. The number of hydrazone groups is 1. The van der Waals surface area contributed by atoms with Gasteiger partial charge in [0.05, 0.1) is 18.6 Å². The van der Waals surface area contributed by atoms with Gasteiger partial charge in [0.15, 0.2) is 5.71 Å². The van der Waals surface area contributed by atoms with Crippen LogP contribution >= 0.6 is 15.9 Å². The number of hydrogen-bond acceptors (Lipinski definition) is 7. The molecule has 1 fully saturated rings. The molecule has 34 heavy (non-hydrogen) atoms. The van der Waals surface area contributed by atoms with Gasteiger partial charge in [-0.3, -0.25) is 14.4 Å². The van der Waals surface area contributed by atoms with Crippen molar-refractivity contribution in [2.75, 3.05) is 45.2 Å². The van der Waals surface area contributed by atoms with Gasteiger partial charge in [-0.15, -0.1) is 5.10 Å². The van der Waals surface area contributed by atoms with Crippen LogP contribution in [0.3, 0.4) is 0 Å². The van der Waals surface area contributed by atoms with Crippen LogP contribution in [0.5, 0.6) is 0 Å². The predicted molar refractivity (Wildman–Crippen MR) is 132 cm³/mol. The molecule has 0 atom stereocenters. The fourth-order valence-corrected chi connectivity index (χ4v) is 4.78. The lowest BCUT2D eigenvalue weighted by Crippen LogP contribution is -2.47. The van der Waals surface area contributed by atoms with Crippen molar-refractivity contribution in [1.29, 1.82) is 0 Å². The fraction of sp³-hybridized carbons (Fsp3) is 0.292. The van der Waals surface area contributed by atoms with E-state index in [-0.39, 0.29) is 17.5 Å². The molecule has 3 aromatic rings. The topological polar surface area (TPSA) is 99.4 Å². The number of likely N-dealkylation sites (N-methyl/N-ethyl adjacent to an activating group) is 1. The lowest BCUT2D eigenvalue weighted by atomic mass is 10.1. The van der Waals surface area contributed by atoms with Crippen molar-refractivity contribution in [3.05, 3.63) is 63.8 Å². The van der Waals surface area contributed by atoms with Crippen LogP contribution in [0.25, 0.3) is 11.0 Å². The Morgan fingerprint density at radius 2 is 2.03 bits per heavy atom. The van der Waals surface area contributed by atoms with Crippen LogP contribution < -0.4 is 10.9 Å². The Morgan fingerprint density at radius 3 is 2.85 bits per heavy atom. The smallest absolute Gasteiger partial charge is 0.276 e. The van der Waals surface area contributed by atoms with E-state index in [4.69, 9.17) is 9.25 Å². The first-order valence-corrected chi connectivity index (χ1v) is 11.8. The zero-order valence-electron chi connectivity index (χ0n) is 18.6. The Hall–Kier alpha value is -3.21. The van der Waals surface area contributed by atoms with E-state index in [2.05, 4.69) is 36.8 Å². The molecule has 0 spiro atoms. The third-order valence-electron chi connectivity index (χ3n) is 6.06. The van der Waals surface area contributed by atoms with Gasteiger partial charge in [0, 0.05) is 47.2 Å². The van der Waals surface area contributed by atoms with E-state index < -0.39 is 0 Å². The highest BCUT2D eigenvalue weighted by atomic mass is 79.9. The minimum absolute atomic E-state index is 0.0497. The fourth-order valence-electron chi connectivity index (χ4n) is 4.13. The molecule has 0 bridgehead atoms. The van der Waals surface area contributed by atoms with E-state index in [9.17, 15) is 9.59 Å². The normalized spacial score (nSPS) is 17.3. The van der Waals surface area contributed by atoms with E-state index >= 15 is 0 Å². The number of carbonyl (C=O) groups is 2. The van der Waals surface area contributed by atoms with Gasteiger partial charge in [0.2, 0.25) is 0 Å². The first-order chi connectivity index (χ1) is 16.5. The summed E-state index contributed by atoms with van der Waals surface area (Å²) in [6, 6.07) is 11.3. The van der Waals surface area contributed by atoms with E-state index in [0.29, 0.717) is 47.4 Å². The molecule has 1 saturated heterocycles. The van der Waals surface area contributed by atoms with Gasteiger partial charge < -0.3 is 19.5 Å². The van der Waals surface area contributed by atoms with E-state index in [1.54, 1.807) is 18.4 Å². The van der Waals surface area contributed by atoms with Crippen molar-refractivity contribution in [3.8, 4) is 0 Å². The minimum atomic E-state index is -0.360. The Balaban J connectivity index is 1.22. The zero-order chi connectivity index (χ0) is 23.7. The molecule has 2 amide bonds. The highest BCUT2D eigenvalue weighted by Crippen LogP contribution is 2.32. The number of rotatable bonds is 6. The molecule has 176 valence electrons. The number of benzene rings is 2. The number of carbonyl (C=O) groups excluding carboxylic acids is 2. The molecule has 0 saturated carbocycles. The monoisotopic (exact) mass is 525 g/mol. The van der Waals surface area contributed by atoms with Crippen LogP contribution in [0.4, 0.5) is 5.69 Å². The Bertz CT molecular complexity index is 1280. The molecule has 9 nitrogen and oxygen atoms in total. The summed E-state index contributed by atoms with van der Waals surface area (Å²) in [5.41, 5.74) is 6.34. The molecule has 0 aliphatic carbocycles. The molecule has 0 radical (unpaired) electrons. The van der Waals surface area contributed by atoms with Crippen molar-refractivity contribution in [1.82, 2.24) is 15.4 Å². The third kappa shape index (κ3) is 4.56. The second-order valence-corrected chi connectivity index (χ2v) is 9.23. The number of nitrogens with one attached hydrogen (secondary N) is 2. The van der Waals surface area contributed by atoms with Crippen molar-refractivity contribution in [2.45, 2.75) is 6.42 Å². The van der Waals surface area contributed by atoms with E-state index in [1.807, 2.05) is 36.2 Å². The second-order valence-electron chi connectivity index (χ2n) is 8.37. The maximum Gasteiger partial charge on any atom is 0.276 e. The van der Waals surface area contributed by atoms with Crippen molar-refractivity contribution >= 4 is 50.1 Å². The summed E-state index contributed by atoms with van der Waals surface area (Å²) < 4.78 is 5.97. The summed E-state index contributed by atoms with van der Waals surface area (Å²) in [6.07, 6.45) is 2.33. The number of furan rings is 1. The summed E-state index contributed by atoms with van der Waals surface area (Å²) in [5.74, 6) is -0.410. The highest BCUT2D eigenvalue weighted by Gasteiger charge is 2.31. The largest absolute Gasteiger partial charge is 0.464 e. The number of piperazine rings is 1. The molecule has 0 unspecified atom stereocenters. The second kappa shape index (κ2) is 9.57. The van der Waals surface area contributed by atoms with E-state index in [1.165, 1.54) is 0 Å². The van der Waals surface area contributed by atoms with Crippen molar-refractivity contribution in [3.63, 3.8) is 0 Å². The molecular weight excluding hydrogens is 502 g/mol. The summed E-state index contributed by atoms with van der Waals surface area (Å²) in [4.78, 5) is 34.9. The maximum atomic E-state index is 12.9. The lowest BCUT2D eigenvalue weighted by Gasteiger charge is -2.32. The van der Waals surface area contributed by atoms with Crippen LogP contribution in [0.1, 0.15) is 21.5 Å². The van der Waals surface area contributed by atoms with Crippen LogP contribution in [-0.4, -0.2) is 67.2 Å². The summed E-state index contributed by atoms with van der Waals surface area (Å²) >= 11 is 3.51. The van der Waals surface area contributed by atoms with Crippen molar-refractivity contribution in [2.24, 2.45) is 5.10 Å². The first kappa shape index (κ1) is 22.6. The standard InChI is InChI=1S/C24H24BrN5O4/c1-29-6-8-30(9-7-29)24(32)17-13-18(25)21-19(14-17)26-23(31)22(21)27-28-34-11-4-15-2-3-20-16(12-15)5-10-33-20/h2-3,5,10,12-14,28H,4,6-9,11H2,1H3,(H,26,27,31). The van der Waals surface area contributed by atoms with Gasteiger partial charge >= 0.3 is 0 Å². The van der Waals surface area contributed by atoms with E-state index in [0.717, 1.165) is 29.6 Å². The van der Waals surface area contributed by atoms with Crippen LogP contribution in [-0.2, 0) is 16.1 Å². The van der Waals surface area contributed by atoms with Gasteiger partial charge in [-0.2, -0.15) is 5.59 Å². The first-order valence-electron chi connectivity index (χ1n) is 11.0. The number of hydrogen-bond donors (Lipinski definition) is 2. The Morgan fingerprint density at radius 1 is 1.21 bits per heavy atom. The average Bonchev–Trinajstić information content (AvgIpc) is 3.42. The summed E-state index contributed by atoms with van der Waals surface area (Å²) in [6.45, 7) is 3.42. The Labute approximate surface area is 204 Å². The van der Waals surface area contributed by atoms with Gasteiger partial charge in [-0.25, -0.2) is 0 Å². The molecule has 2 aromatic carbocycles. The van der Waals surface area contributed by atoms with Crippen LogP contribution in [0, 0.1) is 0 Å². The summed E-state index contributed by atoms with van der Waals surface area (Å²) in [7, 11) is 2.04. The molecular formula is C24H24BrN5O4. The molecule has 2 aliphatic rings. The third-order valence-corrected chi connectivity index (χ3v) is 6.68. The molecule has 1 aromatic heterocycles. The number of nitrogens with zero attached hydrogens (tertiary/aromatic N) is 3. The molecule has 5 rings (SSSR count).